The summed E-state index contributed by atoms with van der Waals surface area (Å²) in [5.41, 5.74) is 5.49. The summed E-state index contributed by atoms with van der Waals surface area (Å²) in [7, 11) is 0. The molecule has 0 aliphatic carbocycles. The molecule has 134 valence electrons. The van der Waals surface area contributed by atoms with Crippen LogP contribution in [0.15, 0.2) is 41.5 Å². The van der Waals surface area contributed by atoms with Crippen LogP contribution in [0.4, 0.5) is 11.4 Å². The van der Waals surface area contributed by atoms with Crippen LogP contribution in [0.1, 0.15) is 12.5 Å². The van der Waals surface area contributed by atoms with Gasteiger partial charge in [0.2, 0.25) is 0 Å². The lowest BCUT2D eigenvalue weighted by molar-refractivity contribution is -0.118. The molecule has 0 bridgehead atoms. The van der Waals surface area contributed by atoms with Gasteiger partial charge in [0.1, 0.15) is 5.75 Å². The number of hydrazone groups is 1. The van der Waals surface area contributed by atoms with E-state index in [2.05, 4.69) is 21.2 Å². The average molecular weight is 409 g/mol. The second-order valence-electron chi connectivity index (χ2n) is 5.44. The van der Waals surface area contributed by atoms with E-state index >= 15 is 0 Å². The zero-order chi connectivity index (χ0) is 18.7. The molecule has 2 aromatic carbocycles. The van der Waals surface area contributed by atoms with Gasteiger partial charge in [0.15, 0.2) is 11.7 Å². The van der Waals surface area contributed by atoms with Crippen molar-refractivity contribution in [3.63, 3.8) is 0 Å². The minimum atomic E-state index is -0.187. The number of hydrogen-bond donors (Lipinski definition) is 3. The molecule has 0 radical (unpaired) electrons. The standard InChI is InChI=1S/C17H14Cl2N4O2S/c1-9(10-2-5-15-14(6-10)20-16(24)8-25-15)22-23-17(26)21-13-4-3-11(18)7-12(13)19/h2-7H,8H2,1H3,(H,20,24)(H2,21,23,26)/b22-9-. The van der Waals surface area contributed by atoms with Gasteiger partial charge in [0.05, 0.1) is 22.1 Å². The van der Waals surface area contributed by atoms with Crippen LogP contribution in [0.2, 0.25) is 10.0 Å². The van der Waals surface area contributed by atoms with E-state index in [-0.39, 0.29) is 17.6 Å². The van der Waals surface area contributed by atoms with Crippen LogP contribution in [-0.2, 0) is 4.79 Å². The van der Waals surface area contributed by atoms with Crippen molar-refractivity contribution in [1.29, 1.82) is 0 Å². The zero-order valence-electron chi connectivity index (χ0n) is 13.6. The fraction of sp³-hybridized carbons (Fsp3) is 0.118. The van der Waals surface area contributed by atoms with Gasteiger partial charge in [-0.3, -0.25) is 10.2 Å². The number of halogens is 2. The molecule has 0 unspecified atom stereocenters. The Morgan fingerprint density at radius 1 is 1.27 bits per heavy atom. The first-order chi connectivity index (χ1) is 12.4. The van der Waals surface area contributed by atoms with Crippen LogP contribution >= 0.6 is 35.4 Å². The SMILES string of the molecule is C/C(=N/NC(=S)Nc1ccc(Cl)cc1Cl)c1ccc2c(c1)NC(=O)CO2. The summed E-state index contributed by atoms with van der Waals surface area (Å²) < 4.78 is 5.33. The summed E-state index contributed by atoms with van der Waals surface area (Å²) in [6.45, 7) is 1.84. The lowest BCUT2D eigenvalue weighted by Crippen LogP contribution is -2.26. The molecule has 2 aromatic rings. The van der Waals surface area contributed by atoms with Crippen molar-refractivity contribution in [1.82, 2.24) is 5.43 Å². The first kappa shape index (κ1) is 18.4. The lowest BCUT2D eigenvalue weighted by atomic mass is 10.1. The van der Waals surface area contributed by atoms with Crippen LogP contribution in [0, 0.1) is 0 Å². The number of hydrogen-bond acceptors (Lipinski definition) is 4. The summed E-state index contributed by atoms with van der Waals surface area (Å²) in [6.07, 6.45) is 0. The minimum absolute atomic E-state index is 0.0220. The lowest BCUT2D eigenvalue weighted by Gasteiger charge is -2.18. The van der Waals surface area contributed by atoms with Crippen molar-refractivity contribution in [3.8, 4) is 5.75 Å². The summed E-state index contributed by atoms with van der Waals surface area (Å²) in [4.78, 5) is 11.4. The van der Waals surface area contributed by atoms with Gasteiger partial charge in [0.25, 0.3) is 5.91 Å². The Bertz CT molecular complexity index is 918. The Balaban J connectivity index is 1.67. The number of thiocarbonyl (C=S) groups is 1. The van der Waals surface area contributed by atoms with E-state index < -0.39 is 0 Å². The first-order valence-electron chi connectivity index (χ1n) is 7.56. The molecule has 9 heteroatoms. The highest BCUT2D eigenvalue weighted by Crippen LogP contribution is 2.28. The second kappa shape index (κ2) is 7.90. The number of benzene rings is 2. The van der Waals surface area contributed by atoms with Crippen molar-refractivity contribution >= 4 is 63.5 Å². The predicted octanol–water partition coefficient (Wildman–Crippen LogP) is 4.03. The normalized spacial score (nSPS) is 13.3. The number of carbonyl (C=O) groups excluding carboxylic acids is 1. The van der Waals surface area contributed by atoms with E-state index in [4.69, 9.17) is 40.2 Å². The Labute approximate surface area is 165 Å². The predicted molar refractivity (Wildman–Crippen MR) is 109 cm³/mol. The molecule has 6 nitrogen and oxygen atoms in total. The van der Waals surface area contributed by atoms with Gasteiger partial charge >= 0.3 is 0 Å². The Hall–Kier alpha value is -2.35. The van der Waals surface area contributed by atoms with E-state index in [0.29, 0.717) is 32.9 Å². The van der Waals surface area contributed by atoms with Gasteiger partial charge < -0.3 is 15.4 Å². The van der Waals surface area contributed by atoms with E-state index in [1.165, 1.54) is 0 Å². The summed E-state index contributed by atoms with van der Waals surface area (Å²) in [5, 5.41) is 11.2. The van der Waals surface area contributed by atoms with Gasteiger partial charge in [-0.2, -0.15) is 5.10 Å². The van der Waals surface area contributed by atoms with Crippen molar-refractivity contribution < 1.29 is 9.53 Å². The summed E-state index contributed by atoms with van der Waals surface area (Å²) >= 11 is 17.2. The molecule has 1 aliphatic heterocycles. The number of carbonyl (C=O) groups is 1. The Kier molecular flexibility index (Phi) is 5.61. The number of amides is 1. The largest absolute Gasteiger partial charge is 0.482 e. The topological polar surface area (TPSA) is 74.8 Å². The van der Waals surface area contributed by atoms with Crippen LogP contribution in [0.25, 0.3) is 0 Å². The zero-order valence-corrected chi connectivity index (χ0v) is 15.9. The third kappa shape index (κ3) is 4.43. The van der Waals surface area contributed by atoms with Crippen LogP contribution in [0.5, 0.6) is 5.75 Å². The number of nitrogens with zero attached hydrogens (tertiary/aromatic N) is 1. The van der Waals surface area contributed by atoms with Crippen LogP contribution in [0.3, 0.4) is 0 Å². The van der Waals surface area contributed by atoms with Gasteiger partial charge in [-0.15, -0.1) is 0 Å². The van der Waals surface area contributed by atoms with Crippen molar-refractivity contribution in [2.45, 2.75) is 6.92 Å². The number of rotatable bonds is 3. The molecule has 3 rings (SSSR count). The van der Waals surface area contributed by atoms with E-state index in [1.54, 1.807) is 30.3 Å². The van der Waals surface area contributed by atoms with Crippen molar-refractivity contribution in [2.24, 2.45) is 5.10 Å². The van der Waals surface area contributed by atoms with Gasteiger partial charge in [-0.05, 0) is 61.1 Å². The molecule has 0 saturated carbocycles. The third-order valence-corrected chi connectivity index (χ3v) is 4.28. The van der Waals surface area contributed by atoms with E-state index in [9.17, 15) is 4.79 Å². The number of ether oxygens (including phenoxy) is 1. The van der Waals surface area contributed by atoms with Crippen molar-refractivity contribution in [3.05, 3.63) is 52.0 Å². The van der Waals surface area contributed by atoms with E-state index in [1.807, 2.05) is 13.0 Å². The molecule has 3 N–H and O–H groups in total. The maximum Gasteiger partial charge on any atom is 0.262 e. The highest BCUT2D eigenvalue weighted by molar-refractivity contribution is 7.80. The second-order valence-corrected chi connectivity index (χ2v) is 6.69. The molecule has 0 aromatic heterocycles. The molecular weight excluding hydrogens is 395 g/mol. The first-order valence-corrected chi connectivity index (χ1v) is 8.72. The van der Waals surface area contributed by atoms with E-state index in [0.717, 1.165) is 5.56 Å². The molecule has 0 fully saturated rings. The van der Waals surface area contributed by atoms with Crippen molar-refractivity contribution in [2.75, 3.05) is 17.2 Å². The average Bonchev–Trinajstić information content (AvgIpc) is 2.61. The Morgan fingerprint density at radius 2 is 2.08 bits per heavy atom. The molecule has 1 heterocycles. The smallest absolute Gasteiger partial charge is 0.262 e. The van der Waals surface area contributed by atoms with Gasteiger partial charge in [0, 0.05) is 5.02 Å². The summed E-state index contributed by atoms with van der Waals surface area (Å²) in [6, 6.07) is 10.5. The van der Waals surface area contributed by atoms with Gasteiger partial charge in [-0.1, -0.05) is 23.2 Å². The minimum Gasteiger partial charge on any atom is -0.482 e. The molecular formula is C17H14Cl2N4O2S. The molecule has 26 heavy (non-hydrogen) atoms. The number of fused-ring (bicyclic) bond motifs is 1. The highest BCUT2D eigenvalue weighted by Gasteiger charge is 2.16. The fourth-order valence-corrected chi connectivity index (χ4v) is 2.86. The number of anilines is 2. The summed E-state index contributed by atoms with van der Waals surface area (Å²) in [5.74, 6) is 0.441. The fourth-order valence-electron chi connectivity index (χ4n) is 2.25. The maximum absolute atomic E-state index is 11.4. The monoisotopic (exact) mass is 408 g/mol. The highest BCUT2D eigenvalue weighted by atomic mass is 35.5. The Morgan fingerprint density at radius 3 is 2.85 bits per heavy atom. The number of nitrogens with one attached hydrogen (secondary N) is 3. The quantitative estimate of drug-likeness (QED) is 0.406. The van der Waals surface area contributed by atoms with Crippen LogP contribution in [-0.4, -0.2) is 23.3 Å². The van der Waals surface area contributed by atoms with Gasteiger partial charge in [-0.25, -0.2) is 0 Å². The molecule has 1 aliphatic rings. The molecule has 0 atom stereocenters. The molecule has 0 spiro atoms. The molecule has 1 amide bonds. The maximum atomic E-state index is 11.4. The van der Waals surface area contributed by atoms with Crippen LogP contribution < -0.4 is 20.8 Å². The third-order valence-electron chi connectivity index (χ3n) is 3.53. The molecule has 0 saturated heterocycles.